The van der Waals surface area contributed by atoms with E-state index in [0.29, 0.717) is 6.54 Å². The van der Waals surface area contributed by atoms with Crippen molar-refractivity contribution >= 4 is 11.6 Å². The third kappa shape index (κ3) is 5.93. The number of hydrogen-bond acceptors (Lipinski definition) is 5. The van der Waals surface area contributed by atoms with Crippen molar-refractivity contribution in [3.05, 3.63) is 66.5 Å². The average Bonchev–Trinajstić information content (AvgIpc) is 3.15. The highest BCUT2D eigenvalue weighted by Crippen LogP contribution is 2.18. The second-order valence-electron chi connectivity index (χ2n) is 7.81. The van der Waals surface area contributed by atoms with Gasteiger partial charge in [0.05, 0.1) is 13.7 Å². The Morgan fingerprint density at radius 3 is 2.71 bits per heavy atom. The van der Waals surface area contributed by atoms with Crippen LogP contribution in [-0.4, -0.2) is 65.5 Å². The van der Waals surface area contributed by atoms with E-state index < -0.39 is 0 Å². The molecule has 4 rings (SSSR count). The van der Waals surface area contributed by atoms with Crippen LogP contribution in [0.25, 0.3) is 11.4 Å². The summed E-state index contributed by atoms with van der Waals surface area (Å²) in [5.41, 5.74) is 2.97. The van der Waals surface area contributed by atoms with Gasteiger partial charge in [-0.3, -0.25) is 14.6 Å². The first-order valence-corrected chi connectivity index (χ1v) is 10.7. The molecule has 2 aromatic carbocycles. The largest absolute Gasteiger partial charge is 0.497 e. The summed E-state index contributed by atoms with van der Waals surface area (Å²) >= 11 is 0. The zero-order valence-corrected chi connectivity index (χ0v) is 17.9. The summed E-state index contributed by atoms with van der Waals surface area (Å²) in [5.74, 6) is 1.64. The number of nitrogens with one attached hydrogen (secondary N) is 2. The predicted molar refractivity (Wildman–Crippen MR) is 122 cm³/mol. The van der Waals surface area contributed by atoms with Gasteiger partial charge in [-0.15, -0.1) is 0 Å². The smallest absolute Gasteiger partial charge is 0.238 e. The van der Waals surface area contributed by atoms with Crippen LogP contribution in [0.15, 0.2) is 60.8 Å². The first-order chi connectivity index (χ1) is 15.2. The van der Waals surface area contributed by atoms with Crippen molar-refractivity contribution in [1.82, 2.24) is 19.8 Å². The number of imidazole rings is 1. The van der Waals surface area contributed by atoms with Crippen molar-refractivity contribution in [3.63, 3.8) is 0 Å². The number of anilines is 1. The Bertz CT molecular complexity index is 988. The van der Waals surface area contributed by atoms with E-state index >= 15 is 0 Å². The number of rotatable bonds is 7. The van der Waals surface area contributed by atoms with E-state index in [1.54, 1.807) is 7.11 Å². The highest BCUT2D eigenvalue weighted by atomic mass is 16.5. The summed E-state index contributed by atoms with van der Waals surface area (Å²) in [6.45, 7) is 4.95. The second-order valence-corrected chi connectivity index (χ2v) is 7.81. The number of H-pyrrole nitrogens is 1. The van der Waals surface area contributed by atoms with Crippen LogP contribution in [0, 0.1) is 0 Å². The molecule has 31 heavy (non-hydrogen) atoms. The first kappa shape index (κ1) is 21.1. The van der Waals surface area contributed by atoms with Crippen LogP contribution >= 0.6 is 0 Å². The van der Waals surface area contributed by atoms with E-state index in [-0.39, 0.29) is 5.91 Å². The normalized spacial score (nSPS) is 15.4. The lowest BCUT2D eigenvalue weighted by Crippen LogP contribution is -2.36. The van der Waals surface area contributed by atoms with Gasteiger partial charge in [0.2, 0.25) is 5.91 Å². The number of nitrogens with zero attached hydrogens (tertiary/aromatic N) is 3. The first-order valence-electron chi connectivity index (χ1n) is 10.7. The summed E-state index contributed by atoms with van der Waals surface area (Å²) < 4.78 is 5.22. The maximum absolute atomic E-state index is 12.5. The van der Waals surface area contributed by atoms with Gasteiger partial charge in [0.1, 0.15) is 11.6 Å². The van der Waals surface area contributed by atoms with E-state index in [4.69, 9.17) is 4.74 Å². The fraction of sp³-hybridized carbons (Fsp3) is 0.333. The molecule has 3 aromatic rings. The number of aromatic amines is 1. The maximum Gasteiger partial charge on any atom is 0.238 e. The minimum absolute atomic E-state index is 0.00257. The van der Waals surface area contributed by atoms with E-state index in [9.17, 15) is 4.79 Å². The zero-order valence-electron chi connectivity index (χ0n) is 17.9. The number of hydrogen-bond donors (Lipinski definition) is 2. The van der Waals surface area contributed by atoms with Crippen LogP contribution in [0.3, 0.4) is 0 Å². The quantitative estimate of drug-likeness (QED) is 0.615. The van der Waals surface area contributed by atoms with E-state index in [1.807, 2.05) is 48.7 Å². The van der Waals surface area contributed by atoms with Crippen LogP contribution < -0.4 is 10.1 Å². The van der Waals surface area contributed by atoms with Crippen LogP contribution in [0.5, 0.6) is 5.75 Å². The molecule has 0 saturated carbocycles. The number of aromatic nitrogens is 2. The molecule has 2 N–H and O–H groups in total. The Labute approximate surface area is 183 Å². The fourth-order valence-corrected chi connectivity index (χ4v) is 3.87. The lowest BCUT2D eigenvalue weighted by Gasteiger charge is -2.21. The Kier molecular flexibility index (Phi) is 6.96. The summed E-state index contributed by atoms with van der Waals surface area (Å²) in [4.78, 5) is 25.1. The molecule has 1 aliphatic rings. The van der Waals surface area contributed by atoms with E-state index in [2.05, 4.69) is 37.2 Å². The van der Waals surface area contributed by atoms with Crippen LogP contribution in [0.1, 0.15) is 12.1 Å². The topological polar surface area (TPSA) is 73.5 Å². The monoisotopic (exact) mass is 419 g/mol. The summed E-state index contributed by atoms with van der Waals surface area (Å²) in [5, 5.41) is 2.97. The van der Waals surface area contributed by atoms with Gasteiger partial charge in [0.15, 0.2) is 0 Å². The number of carbonyl (C=O) groups is 1. The van der Waals surface area contributed by atoms with Crippen LogP contribution in [0.2, 0.25) is 0 Å². The predicted octanol–water partition coefficient (Wildman–Crippen LogP) is 3.23. The maximum atomic E-state index is 12.5. The van der Waals surface area contributed by atoms with Gasteiger partial charge in [-0.05, 0) is 31.6 Å². The minimum Gasteiger partial charge on any atom is -0.497 e. The molecule has 7 nitrogen and oxygen atoms in total. The van der Waals surface area contributed by atoms with E-state index in [1.165, 1.54) is 0 Å². The SMILES string of the molecule is COc1cccc(NC(=O)CN2CCCN(Cc3cnc(-c4ccccc4)[nH]3)CC2)c1. The molecule has 1 aliphatic heterocycles. The molecule has 2 heterocycles. The van der Waals surface area contributed by atoms with Crippen molar-refractivity contribution in [2.45, 2.75) is 13.0 Å². The highest BCUT2D eigenvalue weighted by Gasteiger charge is 2.18. The molecule has 0 aliphatic carbocycles. The number of methoxy groups -OCH3 is 1. The second kappa shape index (κ2) is 10.2. The average molecular weight is 420 g/mol. The number of ether oxygens (including phenoxy) is 1. The molecule has 0 unspecified atom stereocenters. The highest BCUT2D eigenvalue weighted by molar-refractivity contribution is 5.92. The van der Waals surface area contributed by atoms with E-state index in [0.717, 1.165) is 67.7 Å². The summed E-state index contributed by atoms with van der Waals surface area (Å²) in [7, 11) is 1.62. The molecule has 1 saturated heterocycles. The summed E-state index contributed by atoms with van der Waals surface area (Å²) in [6, 6.07) is 17.6. The lowest BCUT2D eigenvalue weighted by molar-refractivity contribution is -0.117. The fourth-order valence-electron chi connectivity index (χ4n) is 3.87. The summed E-state index contributed by atoms with van der Waals surface area (Å²) in [6.07, 6.45) is 2.96. The zero-order chi connectivity index (χ0) is 21.5. The number of benzene rings is 2. The van der Waals surface area contributed by atoms with Gasteiger partial charge < -0.3 is 15.0 Å². The van der Waals surface area contributed by atoms with Crippen molar-refractivity contribution in [1.29, 1.82) is 0 Å². The Morgan fingerprint density at radius 1 is 1.06 bits per heavy atom. The van der Waals surface area contributed by atoms with Crippen LogP contribution in [-0.2, 0) is 11.3 Å². The third-order valence-corrected chi connectivity index (χ3v) is 5.47. The van der Waals surface area contributed by atoms with Crippen molar-refractivity contribution in [2.24, 2.45) is 0 Å². The number of amides is 1. The van der Waals surface area contributed by atoms with Gasteiger partial charge in [-0.1, -0.05) is 36.4 Å². The molecule has 1 amide bonds. The molecule has 1 aromatic heterocycles. The Hall–Kier alpha value is -3.16. The van der Waals surface area contributed by atoms with Gasteiger partial charge >= 0.3 is 0 Å². The standard InChI is InChI=1S/C24H29N5O2/c1-31-22-10-5-9-20(15-22)26-23(30)18-29-12-6-11-28(13-14-29)17-21-16-25-24(27-21)19-7-3-2-4-8-19/h2-5,7-10,15-16H,6,11-14,17-18H2,1H3,(H,25,27)(H,26,30). The van der Waals surface area contributed by atoms with Crippen molar-refractivity contribution in [3.8, 4) is 17.1 Å². The lowest BCUT2D eigenvalue weighted by atomic mass is 10.2. The van der Waals surface area contributed by atoms with Crippen LogP contribution in [0.4, 0.5) is 5.69 Å². The minimum atomic E-state index is 0.00257. The van der Waals surface area contributed by atoms with Gasteiger partial charge in [-0.2, -0.15) is 0 Å². The van der Waals surface area contributed by atoms with Crippen molar-refractivity contribution in [2.75, 3.05) is 45.2 Å². The Balaban J connectivity index is 1.26. The van der Waals surface area contributed by atoms with Crippen molar-refractivity contribution < 1.29 is 9.53 Å². The number of carbonyl (C=O) groups excluding carboxylic acids is 1. The molecule has 0 radical (unpaired) electrons. The molecule has 162 valence electrons. The third-order valence-electron chi connectivity index (χ3n) is 5.47. The molecule has 0 bridgehead atoms. The Morgan fingerprint density at radius 2 is 1.87 bits per heavy atom. The molecule has 0 atom stereocenters. The molecular weight excluding hydrogens is 390 g/mol. The molecular formula is C24H29N5O2. The molecule has 0 spiro atoms. The van der Waals surface area contributed by atoms with Gasteiger partial charge in [-0.25, -0.2) is 4.98 Å². The van der Waals surface area contributed by atoms with Gasteiger partial charge in [0.25, 0.3) is 0 Å². The molecule has 7 heteroatoms. The van der Waals surface area contributed by atoms with Gasteiger partial charge in [0, 0.05) is 48.8 Å². The molecule has 1 fully saturated rings.